The van der Waals surface area contributed by atoms with E-state index < -0.39 is 6.10 Å². The zero-order valence-corrected chi connectivity index (χ0v) is 16.5. The van der Waals surface area contributed by atoms with Crippen LogP contribution in [-0.4, -0.2) is 17.9 Å². The summed E-state index contributed by atoms with van der Waals surface area (Å²) in [6, 6.07) is 24.1. The Morgan fingerprint density at radius 1 is 0.931 bits per heavy atom. The summed E-state index contributed by atoms with van der Waals surface area (Å²) in [7, 11) is 0. The molecular formula is C24H24N2O3. The highest BCUT2D eigenvalue weighted by molar-refractivity contribution is 6.04. The Morgan fingerprint density at radius 2 is 1.66 bits per heavy atom. The second-order valence-electron chi connectivity index (χ2n) is 6.78. The standard InChI is InChI=1S/C24H24N2O3/c1-17-9-8-12-20(15-17)29-18(2)23(27)26-22-14-7-6-13-21(22)24(28)25-16-19-10-4-3-5-11-19/h3-15,18H,16H2,1-2H3,(H,25,28)(H,26,27). The molecule has 0 heterocycles. The molecule has 0 aromatic heterocycles. The average molecular weight is 388 g/mol. The lowest BCUT2D eigenvalue weighted by Crippen LogP contribution is -2.31. The number of benzene rings is 3. The van der Waals surface area contributed by atoms with Crippen LogP contribution in [0.4, 0.5) is 5.69 Å². The Labute approximate surface area is 170 Å². The number of rotatable bonds is 7. The maximum absolute atomic E-state index is 12.6. The summed E-state index contributed by atoms with van der Waals surface area (Å²) < 4.78 is 5.72. The number of ether oxygens (including phenoxy) is 1. The first-order chi connectivity index (χ1) is 14.0. The largest absolute Gasteiger partial charge is 0.481 e. The second kappa shape index (κ2) is 9.55. The molecule has 0 saturated carbocycles. The predicted molar refractivity (Wildman–Crippen MR) is 114 cm³/mol. The quantitative estimate of drug-likeness (QED) is 0.633. The van der Waals surface area contributed by atoms with Crippen molar-refractivity contribution in [2.24, 2.45) is 0 Å². The van der Waals surface area contributed by atoms with Crippen molar-refractivity contribution in [1.29, 1.82) is 0 Å². The van der Waals surface area contributed by atoms with Crippen LogP contribution >= 0.6 is 0 Å². The number of amides is 2. The van der Waals surface area contributed by atoms with Crippen molar-refractivity contribution in [2.45, 2.75) is 26.5 Å². The minimum Gasteiger partial charge on any atom is -0.481 e. The molecule has 5 heteroatoms. The summed E-state index contributed by atoms with van der Waals surface area (Å²) in [5, 5.41) is 5.68. The number of carbonyl (C=O) groups is 2. The molecule has 148 valence electrons. The third-order valence-electron chi connectivity index (χ3n) is 4.40. The maximum Gasteiger partial charge on any atom is 0.265 e. The van der Waals surface area contributed by atoms with Crippen molar-refractivity contribution in [1.82, 2.24) is 5.32 Å². The summed E-state index contributed by atoms with van der Waals surface area (Å²) >= 11 is 0. The first-order valence-electron chi connectivity index (χ1n) is 9.48. The molecule has 3 aromatic rings. The minimum atomic E-state index is -0.711. The third-order valence-corrected chi connectivity index (χ3v) is 4.40. The molecule has 0 aliphatic rings. The van der Waals surface area contributed by atoms with Crippen LogP contribution in [0.5, 0.6) is 5.75 Å². The smallest absolute Gasteiger partial charge is 0.265 e. The lowest BCUT2D eigenvalue weighted by molar-refractivity contribution is -0.122. The Kier molecular flexibility index (Phi) is 6.63. The monoisotopic (exact) mass is 388 g/mol. The van der Waals surface area contributed by atoms with Crippen LogP contribution in [0.2, 0.25) is 0 Å². The summed E-state index contributed by atoms with van der Waals surface area (Å²) in [5.74, 6) is 0.0494. The van der Waals surface area contributed by atoms with Gasteiger partial charge in [0, 0.05) is 6.54 Å². The molecule has 0 spiro atoms. The van der Waals surface area contributed by atoms with Crippen LogP contribution in [0, 0.1) is 6.92 Å². The molecule has 3 rings (SSSR count). The lowest BCUT2D eigenvalue weighted by atomic mass is 10.1. The van der Waals surface area contributed by atoms with Gasteiger partial charge < -0.3 is 15.4 Å². The summed E-state index contributed by atoms with van der Waals surface area (Å²) in [4.78, 5) is 25.2. The van der Waals surface area contributed by atoms with Crippen LogP contribution in [0.3, 0.4) is 0 Å². The molecule has 0 aliphatic heterocycles. The Hall–Kier alpha value is -3.60. The van der Waals surface area contributed by atoms with Crippen molar-refractivity contribution in [3.63, 3.8) is 0 Å². The molecule has 2 amide bonds. The van der Waals surface area contributed by atoms with E-state index in [-0.39, 0.29) is 11.8 Å². The van der Waals surface area contributed by atoms with Gasteiger partial charge in [0.15, 0.2) is 6.10 Å². The Bertz CT molecular complexity index is 986. The fourth-order valence-corrected chi connectivity index (χ4v) is 2.84. The predicted octanol–water partition coefficient (Wildman–Crippen LogP) is 4.33. The first kappa shape index (κ1) is 20.1. The molecule has 1 atom stereocenters. The molecule has 0 aliphatic carbocycles. The van der Waals surface area contributed by atoms with E-state index in [4.69, 9.17) is 4.74 Å². The van der Waals surface area contributed by atoms with Gasteiger partial charge in [-0.2, -0.15) is 0 Å². The second-order valence-corrected chi connectivity index (χ2v) is 6.78. The molecule has 5 nitrogen and oxygen atoms in total. The molecule has 0 bridgehead atoms. The minimum absolute atomic E-state index is 0.253. The van der Waals surface area contributed by atoms with Crippen molar-refractivity contribution < 1.29 is 14.3 Å². The molecule has 0 saturated heterocycles. The fourth-order valence-electron chi connectivity index (χ4n) is 2.84. The third kappa shape index (κ3) is 5.69. The number of hydrogen-bond donors (Lipinski definition) is 2. The van der Waals surface area contributed by atoms with Gasteiger partial charge in [-0.15, -0.1) is 0 Å². The van der Waals surface area contributed by atoms with Gasteiger partial charge in [-0.25, -0.2) is 0 Å². The molecule has 0 radical (unpaired) electrons. The topological polar surface area (TPSA) is 67.4 Å². The highest BCUT2D eigenvalue weighted by atomic mass is 16.5. The Balaban J connectivity index is 1.64. The van der Waals surface area contributed by atoms with Gasteiger partial charge in [-0.1, -0.05) is 54.6 Å². The van der Waals surface area contributed by atoms with Gasteiger partial charge in [0.1, 0.15) is 5.75 Å². The van der Waals surface area contributed by atoms with E-state index in [0.29, 0.717) is 23.5 Å². The highest BCUT2D eigenvalue weighted by Crippen LogP contribution is 2.18. The average Bonchev–Trinajstić information content (AvgIpc) is 2.73. The van der Waals surface area contributed by atoms with E-state index in [1.165, 1.54) is 0 Å². The van der Waals surface area contributed by atoms with E-state index in [0.717, 1.165) is 11.1 Å². The maximum atomic E-state index is 12.6. The molecule has 2 N–H and O–H groups in total. The van der Waals surface area contributed by atoms with Crippen LogP contribution in [0.15, 0.2) is 78.9 Å². The molecule has 29 heavy (non-hydrogen) atoms. The van der Waals surface area contributed by atoms with Gasteiger partial charge in [0.05, 0.1) is 11.3 Å². The first-order valence-corrected chi connectivity index (χ1v) is 9.48. The van der Waals surface area contributed by atoms with E-state index in [9.17, 15) is 9.59 Å². The van der Waals surface area contributed by atoms with E-state index in [2.05, 4.69) is 10.6 Å². The van der Waals surface area contributed by atoms with Crippen molar-refractivity contribution in [3.05, 3.63) is 95.6 Å². The number of aryl methyl sites for hydroxylation is 1. The highest BCUT2D eigenvalue weighted by Gasteiger charge is 2.18. The zero-order valence-electron chi connectivity index (χ0n) is 16.5. The number of anilines is 1. The van der Waals surface area contributed by atoms with Crippen molar-refractivity contribution >= 4 is 17.5 Å². The van der Waals surface area contributed by atoms with Gasteiger partial charge in [0.2, 0.25) is 0 Å². The van der Waals surface area contributed by atoms with Crippen LogP contribution in [0.25, 0.3) is 0 Å². The van der Waals surface area contributed by atoms with Crippen LogP contribution < -0.4 is 15.4 Å². The van der Waals surface area contributed by atoms with E-state index >= 15 is 0 Å². The van der Waals surface area contributed by atoms with Gasteiger partial charge in [0.25, 0.3) is 11.8 Å². The van der Waals surface area contributed by atoms with Gasteiger partial charge >= 0.3 is 0 Å². The van der Waals surface area contributed by atoms with Crippen molar-refractivity contribution in [3.8, 4) is 5.75 Å². The van der Waals surface area contributed by atoms with E-state index in [1.54, 1.807) is 31.2 Å². The number of carbonyl (C=O) groups excluding carboxylic acids is 2. The number of nitrogens with one attached hydrogen (secondary N) is 2. The van der Waals surface area contributed by atoms with Crippen molar-refractivity contribution in [2.75, 3.05) is 5.32 Å². The molecular weight excluding hydrogens is 364 g/mol. The zero-order chi connectivity index (χ0) is 20.6. The fraction of sp³-hybridized carbons (Fsp3) is 0.167. The van der Waals surface area contributed by atoms with Gasteiger partial charge in [-0.3, -0.25) is 9.59 Å². The Morgan fingerprint density at radius 3 is 2.41 bits per heavy atom. The molecule has 0 fully saturated rings. The number of para-hydroxylation sites is 1. The SMILES string of the molecule is Cc1cccc(OC(C)C(=O)Nc2ccccc2C(=O)NCc2ccccc2)c1. The summed E-state index contributed by atoms with van der Waals surface area (Å²) in [6.45, 7) is 4.05. The normalized spacial score (nSPS) is 11.4. The summed E-state index contributed by atoms with van der Waals surface area (Å²) in [6.07, 6.45) is -0.711. The number of hydrogen-bond acceptors (Lipinski definition) is 3. The summed E-state index contributed by atoms with van der Waals surface area (Å²) in [5.41, 5.74) is 2.90. The lowest BCUT2D eigenvalue weighted by Gasteiger charge is -2.16. The molecule has 3 aromatic carbocycles. The molecule has 1 unspecified atom stereocenters. The van der Waals surface area contributed by atoms with E-state index in [1.807, 2.05) is 61.5 Å². The van der Waals surface area contributed by atoms with Crippen LogP contribution in [0.1, 0.15) is 28.4 Å². The van der Waals surface area contributed by atoms with Crippen LogP contribution in [-0.2, 0) is 11.3 Å². The van der Waals surface area contributed by atoms with Gasteiger partial charge in [-0.05, 0) is 49.2 Å².